The lowest BCUT2D eigenvalue weighted by Gasteiger charge is -2.41. The summed E-state index contributed by atoms with van der Waals surface area (Å²) >= 11 is 1.27. The topological polar surface area (TPSA) is 240 Å². The molecule has 348 valence electrons. The molecular formula is C44H81N5O10S. The number of hydrogen-bond donors (Lipinski definition) is 7. The zero-order chi connectivity index (χ0) is 44.0. The summed E-state index contributed by atoms with van der Waals surface area (Å²) < 4.78 is 12.3. The molecule has 60 heavy (non-hydrogen) atoms. The van der Waals surface area contributed by atoms with Crippen molar-refractivity contribution >= 4 is 35.4 Å². The van der Waals surface area contributed by atoms with Gasteiger partial charge in [-0.1, -0.05) is 160 Å². The van der Waals surface area contributed by atoms with Gasteiger partial charge in [-0.25, -0.2) is 4.68 Å². The van der Waals surface area contributed by atoms with Crippen LogP contribution in [0.15, 0.2) is 6.20 Å². The van der Waals surface area contributed by atoms with Crippen LogP contribution in [0.5, 0.6) is 0 Å². The van der Waals surface area contributed by atoms with Gasteiger partial charge < -0.3 is 46.1 Å². The van der Waals surface area contributed by atoms with Crippen LogP contribution in [-0.2, 0) is 23.9 Å². The van der Waals surface area contributed by atoms with Gasteiger partial charge in [-0.15, -0.1) is 5.10 Å². The van der Waals surface area contributed by atoms with E-state index < -0.39 is 54.6 Å². The summed E-state index contributed by atoms with van der Waals surface area (Å²) in [6, 6.07) is -2.37. The lowest BCUT2D eigenvalue weighted by molar-refractivity contribution is -0.200. The highest BCUT2D eigenvalue weighted by atomic mass is 32.2. The minimum Gasteiger partial charge on any atom is -0.462 e. The second-order valence-corrected chi connectivity index (χ2v) is 17.8. The molecule has 0 saturated heterocycles. The van der Waals surface area contributed by atoms with E-state index in [1.54, 1.807) is 0 Å². The minimum absolute atomic E-state index is 0.0559. The van der Waals surface area contributed by atoms with E-state index in [4.69, 9.17) is 15.2 Å². The van der Waals surface area contributed by atoms with E-state index in [9.17, 15) is 39.9 Å². The van der Waals surface area contributed by atoms with Gasteiger partial charge in [0.15, 0.2) is 5.82 Å². The molecule has 2 unspecified atom stereocenters. The number of unbranched alkanes of at least 4 members (excludes halogenated alkanes) is 22. The van der Waals surface area contributed by atoms with Crippen molar-refractivity contribution in [3.8, 4) is 0 Å². The number of aliphatic hydroxyl groups is 5. The van der Waals surface area contributed by atoms with Crippen LogP contribution in [0.4, 0.5) is 5.82 Å². The third kappa shape index (κ3) is 22.7. The Kier molecular flexibility index (Phi) is 29.8. The van der Waals surface area contributed by atoms with Crippen LogP contribution in [0.1, 0.15) is 187 Å². The quantitative estimate of drug-likeness (QED) is 0.0291. The highest BCUT2D eigenvalue weighted by molar-refractivity contribution is 7.99. The molecule has 2 rings (SSSR count). The van der Waals surface area contributed by atoms with Crippen molar-refractivity contribution in [1.82, 2.24) is 15.0 Å². The molecule has 1 saturated carbocycles. The monoisotopic (exact) mass is 872 g/mol. The fraction of sp³-hybridized carbons (Fsp3) is 0.886. The molecule has 0 radical (unpaired) electrons. The fourth-order valence-corrected chi connectivity index (χ4v) is 8.43. The van der Waals surface area contributed by atoms with E-state index in [2.05, 4.69) is 29.5 Å². The number of esters is 2. The number of nitrogens with one attached hydrogen (secondary N) is 1. The van der Waals surface area contributed by atoms with Crippen molar-refractivity contribution in [2.45, 2.75) is 229 Å². The molecule has 16 heteroatoms. The summed E-state index contributed by atoms with van der Waals surface area (Å²) in [7, 11) is 0. The number of aromatic nitrogens is 3. The Labute approximate surface area is 363 Å². The van der Waals surface area contributed by atoms with Crippen molar-refractivity contribution in [2.75, 3.05) is 23.4 Å². The van der Waals surface area contributed by atoms with Crippen LogP contribution in [0.2, 0.25) is 0 Å². The summed E-state index contributed by atoms with van der Waals surface area (Å²) in [6.07, 6.45) is 21.1. The zero-order valence-corrected chi connectivity index (χ0v) is 37.6. The van der Waals surface area contributed by atoms with E-state index in [1.165, 1.54) is 127 Å². The molecule has 1 aliphatic carbocycles. The molecule has 0 aromatic carbocycles. The van der Waals surface area contributed by atoms with Crippen molar-refractivity contribution in [3.05, 3.63) is 6.20 Å². The maximum Gasteiger partial charge on any atom is 0.306 e. The average Bonchev–Trinajstić information content (AvgIpc) is 3.69. The Morgan fingerprint density at radius 3 is 1.53 bits per heavy atom. The predicted molar refractivity (Wildman–Crippen MR) is 235 cm³/mol. The molecule has 1 heterocycles. The largest absolute Gasteiger partial charge is 0.462 e. The maximum absolute atomic E-state index is 12.9. The number of hydrogen-bond acceptors (Lipinski definition) is 14. The number of carbonyl (C=O) groups is 3. The number of aliphatic hydroxyl groups excluding tert-OH is 5. The van der Waals surface area contributed by atoms with Crippen LogP contribution < -0.4 is 11.1 Å². The van der Waals surface area contributed by atoms with Crippen molar-refractivity contribution in [3.63, 3.8) is 0 Å². The van der Waals surface area contributed by atoms with Gasteiger partial charge in [0, 0.05) is 24.3 Å². The fourth-order valence-electron chi connectivity index (χ4n) is 7.47. The van der Waals surface area contributed by atoms with Gasteiger partial charge in [-0.3, -0.25) is 14.4 Å². The lowest BCUT2D eigenvalue weighted by atomic mass is 9.83. The van der Waals surface area contributed by atoms with Crippen molar-refractivity contribution in [1.29, 1.82) is 0 Å². The third-order valence-electron chi connectivity index (χ3n) is 11.3. The number of carbonyl (C=O) groups excluding carboxylic acids is 3. The van der Waals surface area contributed by atoms with Gasteiger partial charge in [0.25, 0.3) is 0 Å². The minimum atomic E-state index is -1.76. The molecule has 8 atom stereocenters. The first-order chi connectivity index (χ1) is 29.0. The Morgan fingerprint density at radius 1 is 0.650 bits per heavy atom. The molecule has 15 nitrogen and oxygen atoms in total. The van der Waals surface area contributed by atoms with Crippen LogP contribution >= 0.6 is 11.8 Å². The number of rotatable bonds is 36. The van der Waals surface area contributed by atoms with Crippen LogP contribution in [0.3, 0.4) is 0 Å². The second kappa shape index (κ2) is 33.2. The van der Waals surface area contributed by atoms with Gasteiger partial charge in [-0.05, 0) is 12.8 Å². The summed E-state index contributed by atoms with van der Waals surface area (Å²) in [5.74, 6) is -0.954. The molecule has 1 aliphatic rings. The number of ether oxygens (including phenoxy) is 2. The Balaban J connectivity index is 1.77. The second-order valence-electron chi connectivity index (χ2n) is 16.7. The highest BCUT2D eigenvalue weighted by Crippen LogP contribution is 2.30. The standard InChI is InChI=1S/C44H81N5O10S/c1-3-5-7-9-11-13-15-17-19-21-23-25-27-36(50)58-30-33(59-37(51)28-26-24-22-20-18-16-14-12-10-8-6-4-2)31-60-32-34(45)44(57)46-35-29-49(48-47-35)38-39(52)41(54)43(56)42(55)40(38)53/h29,33-34,38-43,52-56H,3-28,30-32,45H2,1-2H3,(H,46,57)/t33-,34-,38?,39+,40+,41-,42+,43?/m1/s1. The maximum atomic E-state index is 12.9. The number of anilines is 1. The molecule has 0 bridgehead atoms. The molecular weight excluding hydrogens is 791 g/mol. The van der Waals surface area contributed by atoms with E-state index in [0.29, 0.717) is 6.42 Å². The van der Waals surface area contributed by atoms with Crippen molar-refractivity contribution < 1.29 is 49.4 Å². The molecule has 0 spiro atoms. The Hall–Kier alpha value is -2.34. The van der Waals surface area contributed by atoms with E-state index in [0.717, 1.165) is 49.6 Å². The van der Waals surface area contributed by atoms with E-state index in [1.807, 2.05) is 0 Å². The summed E-state index contributed by atoms with van der Waals surface area (Å²) in [5, 5.41) is 60.9. The van der Waals surface area contributed by atoms with Gasteiger partial charge in [0.05, 0.1) is 12.2 Å². The van der Waals surface area contributed by atoms with Crippen LogP contribution in [0, 0.1) is 0 Å². The van der Waals surface area contributed by atoms with Gasteiger partial charge in [-0.2, -0.15) is 11.8 Å². The summed E-state index contributed by atoms with van der Waals surface area (Å²) in [4.78, 5) is 38.4. The summed E-state index contributed by atoms with van der Waals surface area (Å²) in [5.41, 5.74) is 6.16. The summed E-state index contributed by atoms with van der Waals surface area (Å²) in [6.45, 7) is 4.38. The average molecular weight is 872 g/mol. The normalized spacial score (nSPS) is 21.4. The molecule has 1 amide bonds. The number of amides is 1. The number of nitrogens with two attached hydrogens (primary N) is 1. The molecule has 1 aromatic heterocycles. The zero-order valence-electron chi connectivity index (χ0n) is 36.8. The number of nitrogens with zero attached hydrogens (tertiary/aromatic N) is 3. The van der Waals surface area contributed by atoms with Crippen LogP contribution in [-0.4, -0.2) is 119 Å². The molecule has 1 fully saturated rings. The molecule has 8 N–H and O–H groups in total. The first kappa shape index (κ1) is 53.8. The van der Waals surface area contributed by atoms with Gasteiger partial charge >= 0.3 is 11.9 Å². The van der Waals surface area contributed by atoms with E-state index in [-0.39, 0.29) is 42.3 Å². The van der Waals surface area contributed by atoms with Crippen LogP contribution in [0.25, 0.3) is 0 Å². The molecule has 0 aliphatic heterocycles. The van der Waals surface area contributed by atoms with Gasteiger partial charge in [0.1, 0.15) is 49.3 Å². The first-order valence-corrected chi connectivity index (χ1v) is 24.5. The smallest absolute Gasteiger partial charge is 0.306 e. The van der Waals surface area contributed by atoms with E-state index >= 15 is 0 Å². The SMILES string of the molecule is CCCCCCCCCCCCCCC(=O)OC[C@H](CSC[C@@H](N)C(=O)Nc1cn(C2[C@H](O)[C@H](O)C(O)[C@H](O)[C@H]2O)nn1)OC(=O)CCCCCCCCCCCCCC. The molecule has 1 aromatic rings. The highest BCUT2D eigenvalue weighted by Gasteiger charge is 2.49. The van der Waals surface area contributed by atoms with Crippen molar-refractivity contribution in [2.24, 2.45) is 5.73 Å². The first-order valence-electron chi connectivity index (χ1n) is 23.3. The number of thioether (sulfide) groups is 1. The third-order valence-corrected chi connectivity index (χ3v) is 12.5. The van der Waals surface area contributed by atoms with Gasteiger partial charge in [0.2, 0.25) is 5.91 Å². The Morgan fingerprint density at radius 2 is 1.07 bits per heavy atom. The predicted octanol–water partition coefficient (Wildman–Crippen LogP) is 6.27. The Bertz CT molecular complexity index is 1260. The lowest BCUT2D eigenvalue weighted by Crippen LogP contribution is -2.61.